The molecule has 0 unspecified atom stereocenters. The number of furan rings is 1. The highest BCUT2D eigenvalue weighted by molar-refractivity contribution is 7.80. The van der Waals surface area contributed by atoms with Crippen molar-refractivity contribution in [1.82, 2.24) is 9.80 Å². The van der Waals surface area contributed by atoms with Gasteiger partial charge >= 0.3 is 0 Å². The van der Waals surface area contributed by atoms with E-state index in [4.69, 9.17) is 26.1 Å². The molecule has 0 bridgehead atoms. The highest BCUT2D eigenvalue weighted by Gasteiger charge is 2.23. The quantitative estimate of drug-likeness (QED) is 0.486. The molecule has 1 aliphatic heterocycles. The van der Waals surface area contributed by atoms with Gasteiger partial charge in [-0.2, -0.15) is 0 Å². The average molecular weight is 454 g/mol. The molecule has 1 aliphatic rings. The van der Waals surface area contributed by atoms with Crippen molar-refractivity contribution in [3.05, 3.63) is 60.4 Å². The first-order valence-electron chi connectivity index (χ1n) is 11.1. The van der Waals surface area contributed by atoms with Gasteiger partial charge in [-0.1, -0.05) is 24.3 Å². The van der Waals surface area contributed by atoms with E-state index in [9.17, 15) is 0 Å². The van der Waals surface area contributed by atoms with E-state index in [1.165, 1.54) is 0 Å². The number of anilines is 1. The highest BCUT2D eigenvalue weighted by Crippen LogP contribution is 2.28. The first kappa shape index (κ1) is 22.6. The minimum absolute atomic E-state index is 0.00213. The third-order valence-electron chi connectivity index (χ3n) is 5.88. The molecule has 1 saturated heterocycles. The Morgan fingerprint density at radius 3 is 2.75 bits per heavy atom. The van der Waals surface area contributed by atoms with Crippen LogP contribution in [0.15, 0.2) is 59.0 Å². The number of methoxy groups -OCH3 is 1. The van der Waals surface area contributed by atoms with E-state index in [0.717, 1.165) is 74.0 Å². The van der Waals surface area contributed by atoms with Gasteiger partial charge < -0.3 is 24.1 Å². The third kappa shape index (κ3) is 5.59. The van der Waals surface area contributed by atoms with Crippen LogP contribution in [0.5, 0.6) is 5.75 Å². The number of hydrogen-bond donors (Lipinski definition) is 1. The van der Waals surface area contributed by atoms with Crippen molar-refractivity contribution >= 4 is 34.0 Å². The second-order valence-electron chi connectivity index (χ2n) is 8.03. The number of rotatable bonds is 8. The van der Waals surface area contributed by atoms with Gasteiger partial charge in [0.15, 0.2) is 5.11 Å². The number of morpholine rings is 1. The van der Waals surface area contributed by atoms with Crippen LogP contribution < -0.4 is 10.1 Å². The maximum Gasteiger partial charge on any atom is 0.174 e. The van der Waals surface area contributed by atoms with Crippen LogP contribution in [0.4, 0.5) is 5.69 Å². The van der Waals surface area contributed by atoms with Crippen LogP contribution >= 0.6 is 12.2 Å². The van der Waals surface area contributed by atoms with Gasteiger partial charge in [-0.15, -0.1) is 0 Å². The lowest BCUT2D eigenvalue weighted by molar-refractivity contribution is 0.0365. The number of ether oxygens (including phenoxy) is 2. The lowest BCUT2D eigenvalue weighted by Gasteiger charge is -2.32. The molecule has 2 heterocycles. The maximum atomic E-state index is 6.17. The number of benzene rings is 2. The summed E-state index contributed by atoms with van der Waals surface area (Å²) in [5.74, 6) is 1.70. The van der Waals surface area contributed by atoms with Crippen molar-refractivity contribution < 1.29 is 13.9 Å². The number of hydrogen-bond acceptors (Lipinski definition) is 5. The molecule has 0 spiro atoms. The fraction of sp³-hybridized carbons (Fsp3) is 0.400. The van der Waals surface area contributed by atoms with E-state index in [1.807, 2.05) is 42.5 Å². The van der Waals surface area contributed by atoms with Crippen molar-refractivity contribution in [3.8, 4) is 5.75 Å². The minimum Gasteiger partial charge on any atom is -0.497 e. The summed E-state index contributed by atoms with van der Waals surface area (Å²) in [6.07, 6.45) is 1.00. The average Bonchev–Trinajstić information content (AvgIpc) is 3.26. The van der Waals surface area contributed by atoms with E-state index in [0.29, 0.717) is 5.11 Å². The van der Waals surface area contributed by atoms with Crippen LogP contribution in [0, 0.1) is 0 Å². The van der Waals surface area contributed by atoms with Crippen molar-refractivity contribution in [2.24, 2.45) is 0 Å². The molecule has 1 fully saturated rings. The van der Waals surface area contributed by atoms with E-state index in [2.05, 4.69) is 34.2 Å². The van der Waals surface area contributed by atoms with Crippen molar-refractivity contribution in [2.45, 2.75) is 19.4 Å². The standard InChI is InChI=1S/C25H31N3O3S/c1-19(24-17-20-7-3-4-10-23(20)31-24)28(12-6-11-27-13-15-30-16-14-27)25(32)26-21-8-5-9-22(18-21)29-2/h3-5,7-10,17-19H,6,11-16H2,1-2H3,(H,26,32)/t19-/m1/s1. The smallest absolute Gasteiger partial charge is 0.174 e. The van der Waals surface area contributed by atoms with Crippen LogP contribution in [-0.2, 0) is 4.74 Å². The summed E-state index contributed by atoms with van der Waals surface area (Å²) < 4.78 is 17.0. The fourth-order valence-corrected chi connectivity index (χ4v) is 4.39. The monoisotopic (exact) mass is 453 g/mol. The van der Waals surface area contributed by atoms with Gasteiger partial charge in [0.2, 0.25) is 0 Å². The predicted octanol–water partition coefficient (Wildman–Crippen LogP) is 4.92. The number of fused-ring (bicyclic) bond motifs is 1. The van der Waals surface area contributed by atoms with Gasteiger partial charge in [-0.05, 0) is 49.8 Å². The molecule has 0 amide bonds. The van der Waals surface area contributed by atoms with Gasteiger partial charge in [0.05, 0.1) is 26.4 Å². The summed E-state index contributed by atoms with van der Waals surface area (Å²) in [5, 5.41) is 5.17. The van der Waals surface area contributed by atoms with Gasteiger partial charge in [0, 0.05) is 43.3 Å². The minimum atomic E-state index is -0.00213. The molecule has 1 aromatic heterocycles. The number of thiocarbonyl (C=S) groups is 1. The number of nitrogens with zero attached hydrogens (tertiary/aromatic N) is 2. The van der Waals surface area contributed by atoms with E-state index < -0.39 is 0 Å². The molecule has 1 N–H and O–H groups in total. The Labute approximate surface area is 195 Å². The van der Waals surface area contributed by atoms with Crippen molar-refractivity contribution in [1.29, 1.82) is 0 Å². The highest BCUT2D eigenvalue weighted by atomic mass is 32.1. The molecular formula is C25H31N3O3S. The van der Waals surface area contributed by atoms with Gasteiger partial charge in [0.25, 0.3) is 0 Å². The molecule has 1 atom stereocenters. The molecule has 4 rings (SSSR count). The van der Waals surface area contributed by atoms with Crippen molar-refractivity contribution in [2.75, 3.05) is 51.8 Å². The molecule has 170 valence electrons. The lowest BCUT2D eigenvalue weighted by atomic mass is 10.2. The van der Waals surface area contributed by atoms with Crippen LogP contribution in [0.25, 0.3) is 11.0 Å². The molecule has 0 aliphatic carbocycles. The fourth-order valence-electron chi connectivity index (χ4n) is 4.02. The first-order valence-corrected chi connectivity index (χ1v) is 11.5. The summed E-state index contributed by atoms with van der Waals surface area (Å²) >= 11 is 5.86. The zero-order valence-electron chi connectivity index (χ0n) is 18.8. The van der Waals surface area contributed by atoms with E-state index in [-0.39, 0.29) is 6.04 Å². The molecular weight excluding hydrogens is 422 g/mol. The Hall–Kier alpha value is -2.61. The molecule has 0 saturated carbocycles. The number of para-hydroxylation sites is 1. The Bertz CT molecular complexity index is 999. The molecule has 6 nitrogen and oxygen atoms in total. The molecule has 32 heavy (non-hydrogen) atoms. The maximum absolute atomic E-state index is 6.17. The zero-order valence-corrected chi connectivity index (χ0v) is 19.6. The van der Waals surface area contributed by atoms with Gasteiger partial charge in [-0.25, -0.2) is 0 Å². The summed E-state index contributed by atoms with van der Waals surface area (Å²) in [4.78, 5) is 4.67. The molecule has 2 aromatic carbocycles. The SMILES string of the molecule is COc1cccc(NC(=S)N(CCCN2CCOCC2)[C@H](C)c2cc3ccccc3o2)c1. The van der Waals surface area contributed by atoms with Crippen LogP contribution in [0.1, 0.15) is 25.1 Å². The van der Waals surface area contributed by atoms with Crippen molar-refractivity contribution in [3.63, 3.8) is 0 Å². The van der Waals surface area contributed by atoms with E-state index >= 15 is 0 Å². The summed E-state index contributed by atoms with van der Waals surface area (Å²) in [7, 11) is 1.67. The Kier molecular flexibility index (Phi) is 7.63. The normalized spacial score (nSPS) is 15.4. The zero-order chi connectivity index (χ0) is 22.3. The largest absolute Gasteiger partial charge is 0.497 e. The summed E-state index contributed by atoms with van der Waals surface area (Å²) in [5.41, 5.74) is 1.80. The summed E-state index contributed by atoms with van der Waals surface area (Å²) in [6, 6.07) is 18.0. The first-order chi connectivity index (χ1) is 15.6. The summed E-state index contributed by atoms with van der Waals surface area (Å²) in [6.45, 7) is 7.60. The Morgan fingerprint density at radius 2 is 1.97 bits per heavy atom. The molecule has 0 radical (unpaired) electrons. The Morgan fingerprint density at radius 1 is 1.16 bits per heavy atom. The Balaban J connectivity index is 1.49. The molecule has 7 heteroatoms. The van der Waals surface area contributed by atoms with Crippen LogP contribution in [0.3, 0.4) is 0 Å². The second kappa shape index (κ2) is 10.8. The van der Waals surface area contributed by atoms with E-state index in [1.54, 1.807) is 7.11 Å². The van der Waals surface area contributed by atoms with Gasteiger partial charge in [-0.3, -0.25) is 4.90 Å². The van der Waals surface area contributed by atoms with Crippen LogP contribution in [-0.4, -0.2) is 61.4 Å². The molecule has 3 aromatic rings. The topological polar surface area (TPSA) is 50.1 Å². The predicted molar refractivity (Wildman–Crippen MR) is 132 cm³/mol. The third-order valence-corrected chi connectivity index (χ3v) is 6.22. The number of nitrogens with one attached hydrogen (secondary N) is 1. The lowest BCUT2D eigenvalue weighted by Crippen LogP contribution is -2.41. The van der Waals surface area contributed by atoms with Crippen LogP contribution in [0.2, 0.25) is 0 Å². The second-order valence-corrected chi connectivity index (χ2v) is 8.41. The van der Waals surface area contributed by atoms with Gasteiger partial charge in [0.1, 0.15) is 17.1 Å².